The minimum Gasteiger partial charge on any atom is -0.423 e. The summed E-state index contributed by atoms with van der Waals surface area (Å²) in [5.41, 5.74) is 7.31. The van der Waals surface area contributed by atoms with Crippen LogP contribution >= 0.6 is 11.6 Å². The normalized spacial score (nSPS) is 10.3. The van der Waals surface area contributed by atoms with Gasteiger partial charge in [-0.1, -0.05) is 17.7 Å². The van der Waals surface area contributed by atoms with Gasteiger partial charge < -0.3 is 10.5 Å². The lowest BCUT2D eigenvalue weighted by atomic mass is 10.2. The van der Waals surface area contributed by atoms with E-state index in [1.165, 1.54) is 0 Å². The van der Waals surface area contributed by atoms with Gasteiger partial charge in [0.1, 0.15) is 5.75 Å². The third-order valence-corrected chi connectivity index (χ3v) is 2.50. The van der Waals surface area contributed by atoms with Crippen LogP contribution in [0.1, 0.15) is 11.3 Å². The SMILES string of the molecule is Cc1ccnc(Oc2ccc(CN)cc2Cl)n1. The number of nitrogens with zero attached hydrogens (tertiary/aromatic N) is 2. The van der Waals surface area contributed by atoms with Crippen LogP contribution in [0.5, 0.6) is 11.8 Å². The van der Waals surface area contributed by atoms with Crippen molar-refractivity contribution in [1.82, 2.24) is 9.97 Å². The lowest BCUT2D eigenvalue weighted by Gasteiger charge is -2.07. The van der Waals surface area contributed by atoms with Crippen LogP contribution in [0.2, 0.25) is 5.02 Å². The molecule has 2 N–H and O–H groups in total. The Labute approximate surface area is 104 Å². The molecule has 1 aromatic carbocycles. The molecule has 0 amide bonds. The molecule has 0 spiro atoms. The number of aryl methyl sites for hydroxylation is 1. The van der Waals surface area contributed by atoms with Crippen molar-refractivity contribution >= 4 is 11.6 Å². The summed E-state index contributed by atoms with van der Waals surface area (Å²) in [6.45, 7) is 2.31. The lowest BCUT2D eigenvalue weighted by molar-refractivity contribution is 0.440. The van der Waals surface area contributed by atoms with Gasteiger partial charge in [0.25, 0.3) is 0 Å². The fourth-order valence-corrected chi connectivity index (χ4v) is 1.57. The van der Waals surface area contributed by atoms with Gasteiger partial charge in [-0.2, -0.15) is 0 Å². The second kappa shape index (κ2) is 5.12. The molecule has 1 heterocycles. The molecule has 2 aromatic rings. The van der Waals surface area contributed by atoms with E-state index in [-0.39, 0.29) is 6.01 Å². The Hall–Kier alpha value is -1.65. The summed E-state index contributed by atoms with van der Waals surface area (Å²) >= 11 is 6.06. The maximum atomic E-state index is 6.06. The molecule has 17 heavy (non-hydrogen) atoms. The molecule has 0 saturated carbocycles. The first-order valence-electron chi connectivity index (χ1n) is 5.15. The summed E-state index contributed by atoms with van der Waals surface area (Å²) in [5, 5.41) is 0.498. The summed E-state index contributed by atoms with van der Waals surface area (Å²) in [6, 6.07) is 7.47. The van der Waals surface area contributed by atoms with Gasteiger partial charge >= 0.3 is 6.01 Å². The van der Waals surface area contributed by atoms with Crippen molar-refractivity contribution in [2.75, 3.05) is 0 Å². The lowest BCUT2D eigenvalue weighted by Crippen LogP contribution is -1.97. The number of rotatable bonds is 3. The van der Waals surface area contributed by atoms with Crippen molar-refractivity contribution in [1.29, 1.82) is 0 Å². The van der Waals surface area contributed by atoms with Gasteiger partial charge in [-0.05, 0) is 30.7 Å². The predicted octanol–water partition coefficient (Wildman–Crippen LogP) is 2.69. The summed E-state index contributed by atoms with van der Waals surface area (Å²) in [6.07, 6.45) is 1.64. The number of aromatic nitrogens is 2. The van der Waals surface area contributed by atoms with E-state index in [9.17, 15) is 0 Å². The monoisotopic (exact) mass is 249 g/mol. The Morgan fingerprint density at radius 1 is 1.35 bits per heavy atom. The molecule has 4 nitrogen and oxygen atoms in total. The molecule has 0 bridgehead atoms. The summed E-state index contributed by atoms with van der Waals surface area (Å²) < 4.78 is 5.49. The van der Waals surface area contributed by atoms with Gasteiger partial charge in [0.2, 0.25) is 0 Å². The standard InChI is InChI=1S/C12H12ClN3O/c1-8-4-5-15-12(16-8)17-11-3-2-9(7-14)6-10(11)13/h2-6H,7,14H2,1H3. The van der Waals surface area contributed by atoms with Crippen LogP contribution in [0.3, 0.4) is 0 Å². The first-order valence-corrected chi connectivity index (χ1v) is 5.53. The van der Waals surface area contributed by atoms with Crippen molar-refractivity contribution in [3.63, 3.8) is 0 Å². The number of hydrogen-bond donors (Lipinski definition) is 1. The number of nitrogens with two attached hydrogens (primary N) is 1. The van der Waals surface area contributed by atoms with E-state index in [0.29, 0.717) is 17.3 Å². The van der Waals surface area contributed by atoms with Gasteiger partial charge in [0.05, 0.1) is 5.02 Å². The molecule has 0 atom stereocenters. The number of hydrogen-bond acceptors (Lipinski definition) is 4. The smallest absolute Gasteiger partial charge is 0.322 e. The average Bonchev–Trinajstić information content (AvgIpc) is 2.32. The van der Waals surface area contributed by atoms with Crippen LogP contribution in [0, 0.1) is 6.92 Å². The quantitative estimate of drug-likeness (QED) is 0.909. The van der Waals surface area contributed by atoms with Crippen molar-refractivity contribution in [3.05, 3.63) is 46.7 Å². The summed E-state index contributed by atoms with van der Waals surface area (Å²) in [5.74, 6) is 0.523. The van der Waals surface area contributed by atoms with Crippen LogP contribution in [-0.2, 0) is 6.54 Å². The minimum atomic E-state index is 0.285. The highest BCUT2D eigenvalue weighted by Crippen LogP contribution is 2.28. The third kappa shape index (κ3) is 2.93. The fraction of sp³-hybridized carbons (Fsp3) is 0.167. The Bertz CT molecular complexity index is 531. The first kappa shape index (κ1) is 11.8. The summed E-state index contributed by atoms with van der Waals surface area (Å²) in [7, 11) is 0. The van der Waals surface area contributed by atoms with Gasteiger partial charge in [-0.25, -0.2) is 9.97 Å². The van der Waals surface area contributed by atoms with Gasteiger partial charge in [-0.15, -0.1) is 0 Å². The predicted molar refractivity (Wildman–Crippen MR) is 66.2 cm³/mol. The molecule has 0 fully saturated rings. The van der Waals surface area contributed by atoms with E-state index >= 15 is 0 Å². The van der Waals surface area contributed by atoms with E-state index in [1.54, 1.807) is 24.4 Å². The first-order chi connectivity index (χ1) is 8.19. The van der Waals surface area contributed by atoms with Gasteiger partial charge in [-0.3, -0.25) is 0 Å². The van der Waals surface area contributed by atoms with E-state index in [2.05, 4.69) is 9.97 Å². The molecule has 0 aliphatic rings. The second-order valence-electron chi connectivity index (χ2n) is 3.55. The zero-order valence-electron chi connectivity index (χ0n) is 9.35. The van der Waals surface area contributed by atoms with Crippen LogP contribution in [0.25, 0.3) is 0 Å². The second-order valence-corrected chi connectivity index (χ2v) is 3.96. The molecule has 0 aliphatic heterocycles. The Morgan fingerprint density at radius 3 is 2.82 bits per heavy atom. The Morgan fingerprint density at radius 2 is 2.18 bits per heavy atom. The van der Waals surface area contributed by atoms with Gasteiger partial charge in [0, 0.05) is 18.4 Å². The molecule has 88 valence electrons. The highest BCUT2D eigenvalue weighted by Gasteiger charge is 2.05. The summed E-state index contributed by atoms with van der Waals surface area (Å²) in [4.78, 5) is 8.14. The average molecular weight is 250 g/mol. The van der Waals surface area contributed by atoms with Crippen LogP contribution in [0.4, 0.5) is 0 Å². The molecule has 1 aromatic heterocycles. The molecular weight excluding hydrogens is 238 g/mol. The molecule has 2 rings (SSSR count). The highest BCUT2D eigenvalue weighted by molar-refractivity contribution is 6.32. The molecule has 5 heteroatoms. The van der Waals surface area contributed by atoms with E-state index < -0.39 is 0 Å². The molecule has 0 radical (unpaired) electrons. The molecular formula is C12H12ClN3O. The fourth-order valence-electron chi connectivity index (χ4n) is 1.33. The zero-order valence-corrected chi connectivity index (χ0v) is 10.1. The molecule has 0 aliphatic carbocycles. The largest absolute Gasteiger partial charge is 0.423 e. The zero-order chi connectivity index (χ0) is 12.3. The Balaban J connectivity index is 2.24. The number of ether oxygens (including phenoxy) is 1. The topological polar surface area (TPSA) is 61.0 Å². The molecule has 0 saturated heterocycles. The van der Waals surface area contributed by atoms with E-state index in [1.807, 2.05) is 13.0 Å². The highest BCUT2D eigenvalue weighted by atomic mass is 35.5. The van der Waals surface area contributed by atoms with Crippen molar-refractivity contribution in [2.45, 2.75) is 13.5 Å². The van der Waals surface area contributed by atoms with Crippen molar-refractivity contribution in [3.8, 4) is 11.8 Å². The third-order valence-electron chi connectivity index (χ3n) is 2.21. The van der Waals surface area contributed by atoms with Crippen molar-refractivity contribution < 1.29 is 4.74 Å². The Kier molecular flexibility index (Phi) is 3.56. The van der Waals surface area contributed by atoms with Crippen LogP contribution in [0.15, 0.2) is 30.5 Å². The van der Waals surface area contributed by atoms with E-state index in [4.69, 9.17) is 22.1 Å². The molecule has 0 unspecified atom stereocenters. The maximum Gasteiger partial charge on any atom is 0.322 e. The van der Waals surface area contributed by atoms with Crippen molar-refractivity contribution in [2.24, 2.45) is 5.73 Å². The number of halogens is 1. The van der Waals surface area contributed by atoms with Crippen LogP contribution < -0.4 is 10.5 Å². The maximum absolute atomic E-state index is 6.06. The van der Waals surface area contributed by atoms with E-state index in [0.717, 1.165) is 11.3 Å². The number of benzene rings is 1. The van der Waals surface area contributed by atoms with Gasteiger partial charge in [0.15, 0.2) is 0 Å². The minimum absolute atomic E-state index is 0.285. The van der Waals surface area contributed by atoms with Crippen LogP contribution in [-0.4, -0.2) is 9.97 Å².